The number of rotatable bonds is 6. The molecule has 1 amide bonds. The number of carbonyl (C=O) groups is 2. The second-order valence-corrected chi connectivity index (χ2v) is 7.79. The standard InChI is InChI=1S/C25H24F2N4O3/c1-34-25(33)23-19(3-2-4-20(23)26)16-5-6-17(21(27)13-16)14-29-22-8-7-18(15-30-22)24(32)31-11-9-28-10-12-31/h2-8,13,15,28H,9-12,14H2,1H3,(H,29,30). The molecule has 1 aliphatic rings. The first-order valence-corrected chi connectivity index (χ1v) is 10.8. The minimum Gasteiger partial charge on any atom is -0.465 e. The van der Waals surface area contributed by atoms with Crippen LogP contribution in [0.25, 0.3) is 11.1 Å². The number of nitrogens with zero attached hydrogens (tertiary/aromatic N) is 2. The van der Waals surface area contributed by atoms with Gasteiger partial charge in [-0.2, -0.15) is 0 Å². The summed E-state index contributed by atoms with van der Waals surface area (Å²) in [6.45, 7) is 3.01. The molecule has 0 saturated carbocycles. The number of esters is 1. The first-order chi connectivity index (χ1) is 16.5. The highest BCUT2D eigenvalue weighted by atomic mass is 19.1. The van der Waals surface area contributed by atoms with Crippen molar-refractivity contribution >= 4 is 17.7 Å². The van der Waals surface area contributed by atoms with Crippen molar-refractivity contribution in [2.24, 2.45) is 0 Å². The fourth-order valence-corrected chi connectivity index (χ4v) is 3.79. The van der Waals surface area contributed by atoms with Crippen LogP contribution < -0.4 is 10.6 Å². The van der Waals surface area contributed by atoms with E-state index in [0.717, 1.165) is 26.3 Å². The summed E-state index contributed by atoms with van der Waals surface area (Å²) in [6.07, 6.45) is 1.50. The van der Waals surface area contributed by atoms with Crippen molar-refractivity contribution in [2.75, 3.05) is 38.6 Å². The Hall–Kier alpha value is -3.85. The average molecular weight is 466 g/mol. The fraction of sp³-hybridized carbons (Fsp3) is 0.240. The van der Waals surface area contributed by atoms with Crippen molar-refractivity contribution in [2.45, 2.75) is 6.54 Å². The number of carbonyl (C=O) groups excluding carboxylic acids is 2. The molecule has 0 bridgehead atoms. The summed E-state index contributed by atoms with van der Waals surface area (Å²) in [5.41, 5.74) is 1.23. The second-order valence-electron chi connectivity index (χ2n) is 7.79. The third-order valence-corrected chi connectivity index (χ3v) is 5.64. The molecule has 1 aliphatic heterocycles. The third-order valence-electron chi connectivity index (χ3n) is 5.64. The molecule has 0 spiro atoms. The maximum absolute atomic E-state index is 14.8. The van der Waals surface area contributed by atoms with Crippen molar-refractivity contribution in [3.63, 3.8) is 0 Å². The van der Waals surface area contributed by atoms with Gasteiger partial charge in [-0.3, -0.25) is 4.79 Å². The number of piperazine rings is 1. The highest BCUT2D eigenvalue weighted by Gasteiger charge is 2.20. The van der Waals surface area contributed by atoms with Gasteiger partial charge in [-0.15, -0.1) is 0 Å². The quantitative estimate of drug-likeness (QED) is 0.542. The summed E-state index contributed by atoms with van der Waals surface area (Å²) >= 11 is 0. The van der Waals surface area contributed by atoms with E-state index >= 15 is 0 Å². The Labute approximate surface area is 195 Å². The van der Waals surface area contributed by atoms with Crippen LogP contribution in [-0.4, -0.2) is 55.0 Å². The number of amides is 1. The molecule has 7 nitrogen and oxygen atoms in total. The first kappa shape index (κ1) is 23.3. The molecule has 2 heterocycles. The number of anilines is 1. The van der Waals surface area contributed by atoms with E-state index in [0.29, 0.717) is 35.6 Å². The Balaban J connectivity index is 1.45. The molecular formula is C25H24F2N4O3. The predicted octanol–water partition coefficient (Wildman–Crippen LogP) is 3.47. The van der Waals surface area contributed by atoms with Gasteiger partial charge in [-0.25, -0.2) is 18.6 Å². The number of nitrogens with one attached hydrogen (secondary N) is 2. The Bertz CT molecular complexity index is 1200. The number of methoxy groups -OCH3 is 1. The molecule has 0 aliphatic carbocycles. The Morgan fingerprint density at radius 2 is 1.88 bits per heavy atom. The molecule has 9 heteroatoms. The fourth-order valence-electron chi connectivity index (χ4n) is 3.79. The van der Waals surface area contributed by atoms with E-state index in [4.69, 9.17) is 0 Å². The van der Waals surface area contributed by atoms with Crippen LogP contribution in [-0.2, 0) is 11.3 Å². The van der Waals surface area contributed by atoms with E-state index in [2.05, 4.69) is 20.4 Å². The molecule has 0 radical (unpaired) electrons. The topological polar surface area (TPSA) is 83.6 Å². The van der Waals surface area contributed by atoms with Crippen molar-refractivity contribution in [1.29, 1.82) is 0 Å². The zero-order valence-electron chi connectivity index (χ0n) is 18.6. The SMILES string of the molecule is COC(=O)c1c(F)cccc1-c1ccc(CNc2ccc(C(=O)N3CCNCC3)cn2)c(F)c1. The summed E-state index contributed by atoms with van der Waals surface area (Å²) in [6, 6.07) is 11.9. The largest absolute Gasteiger partial charge is 0.465 e. The van der Waals surface area contributed by atoms with Crippen LogP contribution in [0.1, 0.15) is 26.3 Å². The van der Waals surface area contributed by atoms with Gasteiger partial charge in [-0.1, -0.05) is 24.3 Å². The van der Waals surface area contributed by atoms with Crippen molar-refractivity contribution < 1.29 is 23.1 Å². The van der Waals surface area contributed by atoms with E-state index in [9.17, 15) is 18.4 Å². The minimum absolute atomic E-state index is 0.0640. The van der Waals surface area contributed by atoms with Gasteiger partial charge in [0.1, 0.15) is 23.0 Å². The molecule has 2 N–H and O–H groups in total. The summed E-state index contributed by atoms with van der Waals surface area (Å²) in [7, 11) is 1.16. The van der Waals surface area contributed by atoms with Gasteiger partial charge in [0, 0.05) is 44.5 Å². The monoisotopic (exact) mass is 466 g/mol. The van der Waals surface area contributed by atoms with Crippen LogP contribution in [0.15, 0.2) is 54.7 Å². The Morgan fingerprint density at radius 3 is 2.56 bits per heavy atom. The first-order valence-electron chi connectivity index (χ1n) is 10.8. The van der Waals surface area contributed by atoms with Crippen molar-refractivity contribution in [3.8, 4) is 11.1 Å². The molecule has 1 fully saturated rings. The van der Waals surface area contributed by atoms with E-state index in [-0.39, 0.29) is 23.6 Å². The van der Waals surface area contributed by atoms with Gasteiger partial charge in [-0.05, 0) is 35.4 Å². The third kappa shape index (κ3) is 5.04. The van der Waals surface area contributed by atoms with Gasteiger partial charge < -0.3 is 20.3 Å². The summed E-state index contributed by atoms with van der Waals surface area (Å²) < 4.78 is 33.7. The molecule has 4 rings (SSSR count). The van der Waals surface area contributed by atoms with E-state index in [1.54, 1.807) is 29.2 Å². The molecule has 0 unspecified atom stereocenters. The number of aromatic nitrogens is 1. The molecular weight excluding hydrogens is 442 g/mol. The molecule has 2 aromatic carbocycles. The van der Waals surface area contributed by atoms with Gasteiger partial charge in [0.2, 0.25) is 0 Å². The van der Waals surface area contributed by atoms with Crippen LogP contribution in [0.3, 0.4) is 0 Å². The van der Waals surface area contributed by atoms with E-state index in [1.165, 1.54) is 24.4 Å². The average Bonchev–Trinajstić information content (AvgIpc) is 2.87. The van der Waals surface area contributed by atoms with Gasteiger partial charge in [0.25, 0.3) is 5.91 Å². The Kier molecular flexibility index (Phi) is 7.12. The molecule has 1 aromatic heterocycles. The lowest BCUT2D eigenvalue weighted by Crippen LogP contribution is -2.46. The smallest absolute Gasteiger partial charge is 0.341 e. The van der Waals surface area contributed by atoms with E-state index < -0.39 is 17.6 Å². The zero-order valence-corrected chi connectivity index (χ0v) is 18.6. The number of hydrogen-bond donors (Lipinski definition) is 2. The van der Waals surface area contributed by atoms with Crippen LogP contribution in [0.4, 0.5) is 14.6 Å². The van der Waals surface area contributed by atoms with Crippen LogP contribution >= 0.6 is 0 Å². The number of ether oxygens (including phenoxy) is 1. The lowest BCUT2D eigenvalue weighted by molar-refractivity contribution is 0.0596. The second kappa shape index (κ2) is 10.4. The normalized spacial score (nSPS) is 13.4. The molecule has 176 valence electrons. The highest BCUT2D eigenvalue weighted by molar-refractivity contribution is 5.97. The zero-order chi connectivity index (χ0) is 24.1. The van der Waals surface area contributed by atoms with Crippen LogP contribution in [0, 0.1) is 11.6 Å². The lowest BCUT2D eigenvalue weighted by atomic mass is 9.98. The van der Waals surface area contributed by atoms with Crippen LogP contribution in [0.5, 0.6) is 0 Å². The summed E-state index contributed by atoms with van der Waals surface area (Å²) in [5, 5.41) is 6.24. The maximum atomic E-state index is 14.8. The van der Waals surface area contributed by atoms with Gasteiger partial charge in [0.05, 0.1) is 12.7 Å². The van der Waals surface area contributed by atoms with Crippen LogP contribution in [0.2, 0.25) is 0 Å². The maximum Gasteiger partial charge on any atom is 0.341 e. The van der Waals surface area contributed by atoms with Gasteiger partial charge >= 0.3 is 5.97 Å². The molecule has 1 saturated heterocycles. The highest BCUT2D eigenvalue weighted by Crippen LogP contribution is 2.28. The number of benzene rings is 2. The van der Waals surface area contributed by atoms with E-state index in [1.807, 2.05) is 0 Å². The molecule has 34 heavy (non-hydrogen) atoms. The number of halogens is 2. The minimum atomic E-state index is -0.829. The summed E-state index contributed by atoms with van der Waals surface area (Å²) in [5.74, 6) is -1.65. The summed E-state index contributed by atoms with van der Waals surface area (Å²) in [4.78, 5) is 30.6. The number of pyridine rings is 1. The predicted molar refractivity (Wildman–Crippen MR) is 123 cm³/mol. The van der Waals surface area contributed by atoms with Crippen molar-refractivity contribution in [3.05, 3.63) is 83.1 Å². The lowest BCUT2D eigenvalue weighted by Gasteiger charge is -2.27. The molecule has 0 atom stereocenters. The van der Waals surface area contributed by atoms with Gasteiger partial charge in [0.15, 0.2) is 0 Å². The molecule has 3 aromatic rings. The number of hydrogen-bond acceptors (Lipinski definition) is 6. The Morgan fingerprint density at radius 1 is 1.09 bits per heavy atom. The van der Waals surface area contributed by atoms with Crippen molar-refractivity contribution in [1.82, 2.24) is 15.2 Å².